The smallest absolute Gasteiger partial charge is 0.165 e. The lowest BCUT2D eigenvalue weighted by atomic mass is 10.0. The topological polar surface area (TPSA) is 49.2 Å². The summed E-state index contributed by atoms with van der Waals surface area (Å²) < 4.78 is 0. The molecule has 1 fully saturated rings. The maximum Gasteiger partial charge on any atom is 0.165 e. The molecule has 1 aromatic heterocycles. The normalized spacial score (nSPS) is 17.2. The van der Waals surface area contributed by atoms with Gasteiger partial charge in [0.1, 0.15) is 11.6 Å². The summed E-state index contributed by atoms with van der Waals surface area (Å²) in [4.78, 5) is 12.1. The molecule has 4 heteroatoms. The molecular weight excluding hydrogens is 322 g/mol. The predicted octanol–water partition coefficient (Wildman–Crippen LogP) is 4.72. The number of aromatic hydroxyl groups is 1. The van der Waals surface area contributed by atoms with Gasteiger partial charge >= 0.3 is 0 Å². The molecular formula is C22H25N3O. The van der Waals surface area contributed by atoms with Gasteiger partial charge in [0.2, 0.25) is 0 Å². The number of rotatable bonds is 3. The van der Waals surface area contributed by atoms with Crippen molar-refractivity contribution >= 4 is 16.7 Å². The lowest BCUT2D eigenvalue weighted by Gasteiger charge is -2.21. The quantitative estimate of drug-likeness (QED) is 0.745. The van der Waals surface area contributed by atoms with Crippen LogP contribution in [-0.2, 0) is 6.42 Å². The van der Waals surface area contributed by atoms with Crippen LogP contribution < -0.4 is 4.90 Å². The van der Waals surface area contributed by atoms with Crippen molar-refractivity contribution in [3.05, 3.63) is 47.5 Å². The third kappa shape index (κ3) is 2.79. The first kappa shape index (κ1) is 16.8. The molecule has 4 nitrogen and oxygen atoms in total. The molecule has 1 unspecified atom stereocenters. The van der Waals surface area contributed by atoms with Crippen molar-refractivity contribution in [2.24, 2.45) is 5.92 Å². The number of aromatic nitrogens is 2. The molecule has 3 aromatic rings. The molecule has 2 heterocycles. The summed E-state index contributed by atoms with van der Waals surface area (Å²) in [6, 6.07) is 11.7. The van der Waals surface area contributed by atoms with Crippen LogP contribution >= 0.6 is 0 Å². The van der Waals surface area contributed by atoms with Crippen LogP contribution in [0.25, 0.3) is 22.3 Å². The fourth-order valence-corrected chi connectivity index (χ4v) is 3.89. The van der Waals surface area contributed by atoms with E-state index in [1.165, 1.54) is 17.5 Å². The van der Waals surface area contributed by atoms with E-state index in [0.717, 1.165) is 36.2 Å². The first-order valence-electron chi connectivity index (χ1n) is 9.42. The van der Waals surface area contributed by atoms with E-state index in [0.29, 0.717) is 17.3 Å². The summed E-state index contributed by atoms with van der Waals surface area (Å²) in [5.41, 5.74) is 4.19. The Bertz CT molecular complexity index is 967. The molecule has 0 bridgehead atoms. The number of nitrogens with zero attached hydrogens (tertiary/aromatic N) is 3. The van der Waals surface area contributed by atoms with Crippen LogP contribution in [0.5, 0.6) is 5.75 Å². The summed E-state index contributed by atoms with van der Waals surface area (Å²) >= 11 is 0. The predicted molar refractivity (Wildman–Crippen MR) is 107 cm³/mol. The lowest BCUT2D eigenvalue weighted by molar-refractivity contribution is 0.477. The highest BCUT2D eigenvalue weighted by Gasteiger charge is 2.24. The molecule has 0 radical (unpaired) electrons. The summed E-state index contributed by atoms with van der Waals surface area (Å²) in [5.74, 6) is 2.48. The van der Waals surface area contributed by atoms with Crippen molar-refractivity contribution in [1.82, 2.24) is 9.97 Å². The van der Waals surface area contributed by atoms with Crippen LogP contribution in [0.15, 0.2) is 36.4 Å². The molecule has 0 aliphatic carbocycles. The van der Waals surface area contributed by atoms with Crippen LogP contribution in [0.4, 0.5) is 5.82 Å². The molecule has 1 N–H and O–H groups in total. The fraction of sp³-hybridized carbons (Fsp3) is 0.364. The number of hydrogen-bond acceptors (Lipinski definition) is 4. The number of phenolic OH excluding ortho intramolecular Hbond substituents is 1. The molecule has 4 rings (SSSR count). The summed E-state index contributed by atoms with van der Waals surface area (Å²) in [7, 11) is 0. The second-order valence-electron chi connectivity index (χ2n) is 7.33. The largest absolute Gasteiger partial charge is 0.507 e. The van der Waals surface area contributed by atoms with Gasteiger partial charge in [-0.1, -0.05) is 32.0 Å². The van der Waals surface area contributed by atoms with E-state index in [2.05, 4.69) is 37.8 Å². The van der Waals surface area contributed by atoms with Gasteiger partial charge in [0.15, 0.2) is 5.82 Å². The Morgan fingerprint density at radius 2 is 1.96 bits per heavy atom. The third-order valence-electron chi connectivity index (χ3n) is 5.46. The fourth-order valence-electron chi connectivity index (χ4n) is 3.89. The Hall–Kier alpha value is -2.62. The minimum atomic E-state index is 0.219. The van der Waals surface area contributed by atoms with Gasteiger partial charge in [-0.2, -0.15) is 0 Å². The summed E-state index contributed by atoms with van der Waals surface area (Å²) in [6.07, 6.45) is 2.16. The van der Waals surface area contributed by atoms with Crippen LogP contribution in [0, 0.1) is 12.8 Å². The molecule has 1 saturated heterocycles. The highest BCUT2D eigenvalue weighted by atomic mass is 16.3. The second kappa shape index (κ2) is 6.60. The lowest BCUT2D eigenvalue weighted by Crippen LogP contribution is -2.21. The van der Waals surface area contributed by atoms with E-state index in [-0.39, 0.29) is 5.75 Å². The van der Waals surface area contributed by atoms with Gasteiger partial charge in [0.25, 0.3) is 0 Å². The zero-order valence-corrected chi connectivity index (χ0v) is 15.7. The Labute approximate surface area is 154 Å². The van der Waals surface area contributed by atoms with Gasteiger partial charge in [-0.25, -0.2) is 9.97 Å². The summed E-state index contributed by atoms with van der Waals surface area (Å²) in [5, 5.41) is 11.4. The number of hydrogen-bond donors (Lipinski definition) is 1. The van der Waals surface area contributed by atoms with E-state index in [9.17, 15) is 5.11 Å². The third-order valence-corrected chi connectivity index (χ3v) is 5.46. The van der Waals surface area contributed by atoms with Gasteiger partial charge in [-0.05, 0) is 55.0 Å². The number of anilines is 1. The molecule has 0 saturated carbocycles. The zero-order chi connectivity index (χ0) is 18.3. The number of benzene rings is 2. The van der Waals surface area contributed by atoms with E-state index in [1.807, 2.05) is 18.2 Å². The maximum absolute atomic E-state index is 10.3. The van der Waals surface area contributed by atoms with Crippen LogP contribution in [0.3, 0.4) is 0 Å². The molecule has 26 heavy (non-hydrogen) atoms. The first-order valence-corrected chi connectivity index (χ1v) is 9.42. The van der Waals surface area contributed by atoms with E-state index in [4.69, 9.17) is 9.97 Å². The van der Waals surface area contributed by atoms with Gasteiger partial charge < -0.3 is 10.0 Å². The number of fused-ring (bicyclic) bond motifs is 1. The highest BCUT2D eigenvalue weighted by molar-refractivity contribution is 5.94. The maximum atomic E-state index is 10.3. The van der Waals surface area contributed by atoms with Crippen molar-refractivity contribution in [2.45, 2.75) is 33.6 Å². The van der Waals surface area contributed by atoms with Crippen molar-refractivity contribution in [3.8, 4) is 17.1 Å². The SMILES string of the molecule is CCc1ccc2c(N3CCC(C)C3)nc(-c3ccccc3O)nc2c1C. The van der Waals surface area contributed by atoms with E-state index < -0.39 is 0 Å². The average molecular weight is 347 g/mol. The Morgan fingerprint density at radius 3 is 2.65 bits per heavy atom. The molecule has 2 aromatic carbocycles. The van der Waals surface area contributed by atoms with Crippen molar-refractivity contribution < 1.29 is 5.11 Å². The van der Waals surface area contributed by atoms with Crippen molar-refractivity contribution in [3.63, 3.8) is 0 Å². The Balaban J connectivity index is 1.99. The van der Waals surface area contributed by atoms with Gasteiger partial charge in [-0.15, -0.1) is 0 Å². The minimum Gasteiger partial charge on any atom is -0.507 e. The highest BCUT2D eigenvalue weighted by Crippen LogP contribution is 2.35. The Morgan fingerprint density at radius 1 is 1.15 bits per heavy atom. The van der Waals surface area contributed by atoms with Crippen molar-refractivity contribution in [2.75, 3.05) is 18.0 Å². The van der Waals surface area contributed by atoms with Crippen LogP contribution in [-0.4, -0.2) is 28.2 Å². The Kier molecular flexibility index (Phi) is 4.27. The van der Waals surface area contributed by atoms with Crippen LogP contribution in [0.1, 0.15) is 31.4 Å². The summed E-state index contributed by atoms with van der Waals surface area (Å²) in [6.45, 7) is 8.62. The van der Waals surface area contributed by atoms with Gasteiger partial charge in [-0.3, -0.25) is 0 Å². The minimum absolute atomic E-state index is 0.219. The molecule has 0 spiro atoms. The molecule has 1 aliphatic heterocycles. The second-order valence-corrected chi connectivity index (χ2v) is 7.33. The molecule has 1 aliphatic rings. The average Bonchev–Trinajstić information content (AvgIpc) is 3.08. The molecule has 134 valence electrons. The van der Waals surface area contributed by atoms with E-state index in [1.54, 1.807) is 6.07 Å². The van der Waals surface area contributed by atoms with Gasteiger partial charge in [0.05, 0.1) is 11.1 Å². The molecule has 0 amide bonds. The van der Waals surface area contributed by atoms with Crippen LogP contribution in [0.2, 0.25) is 0 Å². The number of para-hydroxylation sites is 1. The number of aryl methyl sites for hydroxylation is 2. The molecule has 1 atom stereocenters. The first-order chi connectivity index (χ1) is 12.6. The van der Waals surface area contributed by atoms with Gasteiger partial charge in [0, 0.05) is 18.5 Å². The van der Waals surface area contributed by atoms with Crippen molar-refractivity contribution in [1.29, 1.82) is 0 Å². The standard InChI is InChI=1S/C22H25N3O/c1-4-16-9-10-18-20(15(16)3)23-21(17-7-5-6-8-19(17)26)24-22(18)25-12-11-14(2)13-25/h5-10,14,26H,4,11-13H2,1-3H3. The zero-order valence-electron chi connectivity index (χ0n) is 15.7. The number of phenols is 1. The van der Waals surface area contributed by atoms with E-state index >= 15 is 0 Å². The monoisotopic (exact) mass is 347 g/mol.